The van der Waals surface area contributed by atoms with Gasteiger partial charge in [0, 0.05) is 18.9 Å². The zero-order chi connectivity index (χ0) is 13.0. The average Bonchev–Trinajstić information content (AvgIpc) is 2.78. The smallest absolute Gasteiger partial charge is 0.387 e. The molecular weight excluding hydrogens is 242 g/mol. The number of halogens is 2. The molecule has 0 aliphatic rings. The lowest BCUT2D eigenvalue weighted by atomic mass is 10.2. The normalized spacial score (nSPS) is 10.6. The topological polar surface area (TPSA) is 44.1 Å². The standard InChI is InChI=1S/C12H10F2N2O2/c13-12(14)18-10-3-1-9(2-4-10)7-16-6-5-15-11(16)8-17/h1-6,8,12H,7H2. The molecule has 2 rings (SSSR count). The maximum atomic E-state index is 12.0. The monoisotopic (exact) mass is 252 g/mol. The highest BCUT2D eigenvalue weighted by atomic mass is 19.3. The Morgan fingerprint density at radius 3 is 2.67 bits per heavy atom. The molecule has 94 valence electrons. The zero-order valence-electron chi connectivity index (χ0n) is 9.29. The number of hydrogen-bond donors (Lipinski definition) is 0. The van der Waals surface area contributed by atoms with E-state index in [-0.39, 0.29) is 5.75 Å². The van der Waals surface area contributed by atoms with Crippen LogP contribution >= 0.6 is 0 Å². The van der Waals surface area contributed by atoms with Crippen molar-refractivity contribution in [2.75, 3.05) is 0 Å². The van der Waals surface area contributed by atoms with Crippen molar-refractivity contribution in [3.8, 4) is 5.75 Å². The SMILES string of the molecule is O=Cc1nccn1Cc1ccc(OC(F)F)cc1. The van der Waals surface area contributed by atoms with Gasteiger partial charge in [0.05, 0.1) is 0 Å². The summed E-state index contributed by atoms with van der Waals surface area (Å²) < 4.78 is 29.8. The van der Waals surface area contributed by atoms with Gasteiger partial charge in [-0.1, -0.05) is 12.1 Å². The van der Waals surface area contributed by atoms with E-state index in [9.17, 15) is 13.6 Å². The third-order valence-corrected chi connectivity index (χ3v) is 2.35. The Morgan fingerprint density at radius 1 is 1.33 bits per heavy atom. The van der Waals surface area contributed by atoms with Crippen LogP contribution in [0.2, 0.25) is 0 Å². The van der Waals surface area contributed by atoms with Gasteiger partial charge >= 0.3 is 6.61 Å². The highest BCUT2D eigenvalue weighted by Gasteiger charge is 2.05. The van der Waals surface area contributed by atoms with Crippen LogP contribution in [0.3, 0.4) is 0 Å². The van der Waals surface area contributed by atoms with E-state index < -0.39 is 6.61 Å². The Morgan fingerprint density at radius 2 is 2.06 bits per heavy atom. The van der Waals surface area contributed by atoms with Gasteiger partial charge < -0.3 is 9.30 Å². The summed E-state index contributed by atoms with van der Waals surface area (Å²) in [5.41, 5.74) is 0.859. The van der Waals surface area contributed by atoms with Gasteiger partial charge in [-0.2, -0.15) is 8.78 Å². The van der Waals surface area contributed by atoms with Gasteiger partial charge in [0.15, 0.2) is 12.1 Å². The third kappa shape index (κ3) is 2.91. The van der Waals surface area contributed by atoms with Crippen molar-refractivity contribution in [1.29, 1.82) is 0 Å². The number of aldehydes is 1. The van der Waals surface area contributed by atoms with E-state index in [2.05, 4.69) is 9.72 Å². The molecule has 0 aliphatic heterocycles. The molecule has 0 unspecified atom stereocenters. The first-order chi connectivity index (χ1) is 8.69. The van der Waals surface area contributed by atoms with Gasteiger partial charge in [-0.05, 0) is 17.7 Å². The first-order valence-electron chi connectivity index (χ1n) is 5.19. The number of aromatic nitrogens is 2. The van der Waals surface area contributed by atoms with Crippen LogP contribution in [0.25, 0.3) is 0 Å². The molecule has 0 saturated carbocycles. The number of carbonyl (C=O) groups excluding carboxylic acids is 1. The van der Waals surface area contributed by atoms with Gasteiger partial charge in [-0.3, -0.25) is 4.79 Å². The van der Waals surface area contributed by atoms with Gasteiger partial charge in [-0.25, -0.2) is 4.98 Å². The second-order valence-electron chi connectivity index (χ2n) is 3.55. The highest BCUT2D eigenvalue weighted by molar-refractivity contribution is 5.69. The molecule has 0 fully saturated rings. The quantitative estimate of drug-likeness (QED) is 0.767. The predicted molar refractivity (Wildman–Crippen MR) is 59.8 cm³/mol. The van der Waals surface area contributed by atoms with E-state index in [4.69, 9.17) is 0 Å². The summed E-state index contributed by atoms with van der Waals surface area (Å²) in [7, 11) is 0. The number of imidazole rings is 1. The minimum absolute atomic E-state index is 0.106. The Bertz CT molecular complexity index is 523. The fourth-order valence-corrected chi connectivity index (χ4v) is 1.55. The molecule has 0 atom stereocenters. The minimum Gasteiger partial charge on any atom is -0.435 e. The lowest BCUT2D eigenvalue weighted by Gasteiger charge is -2.07. The van der Waals surface area contributed by atoms with E-state index >= 15 is 0 Å². The van der Waals surface area contributed by atoms with Gasteiger partial charge in [0.1, 0.15) is 5.75 Å². The molecule has 6 heteroatoms. The molecule has 1 aromatic heterocycles. The van der Waals surface area contributed by atoms with Crippen LogP contribution in [0.15, 0.2) is 36.7 Å². The highest BCUT2D eigenvalue weighted by Crippen LogP contribution is 2.15. The molecule has 0 aliphatic carbocycles. The lowest BCUT2D eigenvalue weighted by molar-refractivity contribution is -0.0498. The van der Waals surface area contributed by atoms with Crippen LogP contribution in [0.5, 0.6) is 5.75 Å². The summed E-state index contributed by atoms with van der Waals surface area (Å²) in [4.78, 5) is 14.5. The van der Waals surface area contributed by atoms with Crippen molar-refractivity contribution in [2.24, 2.45) is 0 Å². The molecule has 1 aromatic carbocycles. The van der Waals surface area contributed by atoms with Crippen LogP contribution in [0.4, 0.5) is 8.78 Å². The minimum atomic E-state index is -2.83. The fraction of sp³-hybridized carbons (Fsp3) is 0.167. The van der Waals surface area contributed by atoms with Crippen LogP contribution in [0.1, 0.15) is 16.2 Å². The number of rotatable bonds is 5. The molecule has 0 saturated heterocycles. The molecule has 0 bridgehead atoms. The van der Waals surface area contributed by atoms with E-state index in [0.717, 1.165) is 5.56 Å². The van der Waals surface area contributed by atoms with Crippen molar-refractivity contribution in [3.05, 3.63) is 48.0 Å². The third-order valence-electron chi connectivity index (χ3n) is 2.35. The van der Waals surface area contributed by atoms with Crippen LogP contribution in [-0.2, 0) is 6.54 Å². The summed E-state index contributed by atoms with van der Waals surface area (Å²) >= 11 is 0. The Labute approximate surface area is 102 Å². The number of carbonyl (C=O) groups is 1. The van der Waals surface area contributed by atoms with E-state index in [1.807, 2.05) is 0 Å². The number of benzene rings is 1. The molecular formula is C12H10F2N2O2. The van der Waals surface area contributed by atoms with E-state index in [1.54, 1.807) is 22.9 Å². The molecule has 4 nitrogen and oxygen atoms in total. The number of hydrogen-bond acceptors (Lipinski definition) is 3. The zero-order valence-corrected chi connectivity index (χ0v) is 9.29. The Kier molecular flexibility index (Phi) is 3.66. The summed E-state index contributed by atoms with van der Waals surface area (Å²) in [6.07, 6.45) is 3.86. The summed E-state index contributed by atoms with van der Waals surface area (Å²) in [5, 5.41) is 0. The lowest BCUT2D eigenvalue weighted by Crippen LogP contribution is -2.04. The summed E-state index contributed by atoms with van der Waals surface area (Å²) in [6.45, 7) is -2.38. The molecule has 2 aromatic rings. The van der Waals surface area contributed by atoms with Gasteiger partial charge in [-0.15, -0.1) is 0 Å². The second-order valence-corrected chi connectivity index (χ2v) is 3.55. The van der Waals surface area contributed by atoms with E-state index in [1.165, 1.54) is 18.3 Å². The van der Waals surface area contributed by atoms with Crippen molar-refractivity contribution >= 4 is 6.29 Å². The predicted octanol–water partition coefficient (Wildman–Crippen LogP) is 2.35. The maximum Gasteiger partial charge on any atom is 0.387 e. The molecule has 18 heavy (non-hydrogen) atoms. The maximum absolute atomic E-state index is 12.0. The molecule has 0 N–H and O–H groups in total. The molecule has 0 radical (unpaired) electrons. The van der Waals surface area contributed by atoms with Crippen molar-refractivity contribution in [1.82, 2.24) is 9.55 Å². The van der Waals surface area contributed by atoms with E-state index in [0.29, 0.717) is 18.7 Å². The first kappa shape index (κ1) is 12.2. The van der Waals surface area contributed by atoms with Crippen LogP contribution in [0, 0.1) is 0 Å². The van der Waals surface area contributed by atoms with Gasteiger partial charge in [0.2, 0.25) is 0 Å². The molecule has 0 amide bonds. The van der Waals surface area contributed by atoms with Crippen molar-refractivity contribution in [3.63, 3.8) is 0 Å². The summed E-state index contributed by atoms with van der Waals surface area (Å²) in [5.74, 6) is 0.429. The molecule has 0 spiro atoms. The number of nitrogens with zero attached hydrogens (tertiary/aromatic N) is 2. The Hall–Kier alpha value is -2.24. The van der Waals surface area contributed by atoms with Gasteiger partial charge in [0.25, 0.3) is 0 Å². The second kappa shape index (κ2) is 5.39. The van der Waals surface area contributed by atoms with Crippen molar-refractivity contribution < 1.29 is 18.3 Å². The Balaban J connectivity index is 2.08. The number of ether oxygens (including phenoxy) is 1. The fourth-order valence-electron chi connectivity index (χ4n) is 1.55. The van der Waals surface area contributed by atoms with Crippen molar-refractivity contribution in [2.45, 2.75) is 13.2 Å². The molecule has 1 heterocycles. The number of alkyl halides is 2. The van der Waals surface area contributed by atoms with Crippen LogP contribution in [-0.4, -0.2) is 22.4 Å². The van der Waals surface area contributed by atoms with Crippen LogP contribution < -0.4 is 4.74 Å². The average molecular weight is 252 g/mol. The largest absolute Gasteiger partial charge is 0.435 e. The summed E-state index contributed by atoms with van der Waals surface area (Å²) in [6, 6.07) is 6.23. The first-order valence-corrected chi connectivity index (χ1v) is 5.19.